The first-order chi connectivity index (χ1) is 9.15. The number of carbonyl (C=O) groups excluding carboxylic acids is 1. The van der Waals surface area contributed by atoms with E-state index in [0.29, 0.717) is 24.3 Å². The summed E-state index contributed by atoms with van der Waals surface area (Å²) in [5.74, 6) is 0.823. The van der Waals surface area contributed by atoms with Gasteiger partial charge >= 0.3 is 0 Å². The van der Waals surface area contributed by atoms with Crippen molar-refractivity contribution in [2.24, 2.45) is 11.7 Å². The Kier molecular flexibility index (Phi) is 5.64. The van der Waals surface area contributed by atoms with Gasteiger partial charge in [-0.2, -0.15) is 0 Å². The third kappa shape index (κ3) is 4.77. The first-order valence-electron chi connectivity index (χ1n) is 7.87. The number of carbonyl (C=O) groups is 1. The van der Waals surface area contributed by atoms with Crippen LogP contribution in [0.15, 0.2) is 0 Å². The molecule has 0 aromatic heterocycles. The van der Waals surface area contributed by atoms with Crippen molar-refractivity contribution in [1.29, 1.82) is 0 Å². The van der Waals surface area contributed by atoms with Crippen molar-refractivity contribution in [2.75, 3.05) is 33.2 Å². The molecule has 0 radical (unpaired) electrons. The van der Waals surface area contributed by atoms with E-state index in [4.69, 9.17) is 5.73 Å². The van der Waals surface area contributed by atoms with E-state index in [9.17, 15) is 4.79 Å². The molecule has 0 aromatic rings. The summed E-state index contributed by atoms with van der Waals surface area (Å²) >= 11 is 0. The van der Waals surface area contributed by atoms with Gasteiger partial charge in [-0.25, -0.2) is 0 Å². The van der Waals surface area contributed by atoms with Crippen molar-refractivity contribution in [1.82, 2.24) is 9.80 Å². The molecule has 19 heavy (non-hydrogen) atoms. The molecule has 1 aliphatic heterocycles. The monoisotopic (exact) mass is 267 g/mol. The number of nitrogens with two attached hydrogens (primary N) is 1. The molecule has 1 heterocycles. The number of likely N-dealkylation sites (tertiary alicyclic amines) is 1. The Balaban J connectivity index is 1.66. The van der Waals surface area contributed by atoms with Crippen LogP contribution in [0.3, 0.4) is 0 Å². The lowest BCUT2D eigenvalue weighted by Gasteiger charge is -2.28. The summed E-state index contributed by atoms with van der Waals surface area (Å²) in [5.41, 5.74) is 5.99. The summed E-state index contributed by atoms with van der Waals surface area (Å²) in [7, 11) is 1.95. The first-order valence-corrected chi connectivity index (χ1v) is 7.87. The summed E-state index contributed by atoms with van der Waals surface area (Å²) in [4.78, 5) is 16.6. The Labute approximate surface area is 117 Å². The summed E-state index contributed by atoms with van der Waals surface area (Å²) in [6, 6.07) is 0.321. The van der Waals surface area contributed by atoms with Crippen molar-refractivity contribution in [3.63, 3.8) is 0 Å². The minimum Gasteiger partial charge on any atom is -0.344 e. The number of hydrogen-bond acceptors (Lipinski definition) is 3. The van der Waals surface area contributed by atoms with Crippen molar-refractivity contribution < 1.29 is 4.79 Å². The van der Waals surface area contributed by atoms with Crippen molar-refractivity contribution >= 4 is 5.91 Å². The van der Waals surface area contributed by atoms with Gasteiger partial charge in [-0.15, -0.1) is 0 Å². The predicted octanol–water partition coefficient (Wildman–Crippen LogP) is 1.45. The molecular weight excluding hydrogens is 238 g/mol. The van der Waals surface area contributed by atoms with E-state index in [-0.39, 0.29) is 0 Å². The Hall–Kier alpha value is -0.610. The Morgan fingerprint density at radius 3 is 2.68 bits per heavy atom. The zero-order valence-electron chi connectivity index (χ0n) is 12.3. The minimum atomic E-state index is 0.304. The van der Waals surface area contributed by atoms with E-state index in [1.807, 2.05) is 11.9 Å². The van der Waals surface area contributed by atoms with Crippen LogP contribution in [0.5, 0.6) is 0 Å². The highest BCUT2D eigenvalue weighted by Crippen LogP contribution is 2.26. The Morgan fingerprint density at radius 1 is 1.26 bits per heavy atom. The second-order valence-corrected chi connectivity index (χ2v) is 6.36. The van der Waals surface area contributed by atoms with Crippen molar-refractivity contribution in [3.05, 3.63) is 0 Å². The second kappa shape index (κ2) is 7.25. The third-order valence-corrected chi connectivity index (χ3v) is 4.66. The summed E-state index contributed by atoms with van der Waals surface area (Å²) in [6.45, 7) is 4.32. The fraction of sp³-hybridized carbons (Fsp3) is 0.933. The van der Waals surface area contributed by atoms with Gasteiger partial charge in [0, 0.05) is 32.6 Å². The fourth-order valence-corrected chi connectivity index (χ4v) is 3.34. The van der Waals surface area contributed by atoms with Crippen LogP contribution in [0.2, 0.25) is 0 Å². The molecule has 4 heteroatoms. The lowest BCUT2D eigenvalue weighted by molar-refractivity contribution is -0.131. The van der Waals surface area contributed by atoms with E-state index in [1.165, 1.54) is 38.8 Å². The van der Waals surface area contributed by atoms with Gasteiger partial charge in [0.15, 0.2) is 0 Å². The van der Waals surface area contributed by atoms with Gasteiger partial charge in [0.1, 0.15) is 0 Å². The number of nitrogens with zero attached hydrogens (tertiary/aromatic N) is 2. The normalized spacial score (nSPS) is 28.5. The molecular formula is C15H29N3O. The highest BCUT2D eigenvalue weighted by molar-refractivity contribution is 5.76. The summed E-state index contributed by atoms with van der Waals surface area (Å²) in [5, 5.41) is 0. The number of rotatable bonds is 5. The van der Waals surface area contributed by atoms with Crippen LogP contribution < -0.4 is 5.73 Å². The van der Waals surface area contributed by atoms with E-state index < -0.39 is 0 Å². The van der Waals surface area contributed by atoms with Gasteiger partial charge in [-0.3, -0.25) is 4.79 Å². The molecule has 1 aliphatic carbocycles. The molecule has 110 valence electrons. The molecule has 2 N–H and O–H groups in total. The van der Waals surface area contributed by atoms with E-state index in [0.717, 1.165) is 25.9 Å². The molecule has 2 aliphatic rings. The Morgan fingerprint density at radius 2 is 2.00 bits per heavy atom. The number of amides is 1. The van der Waals surface area contributed by atoms with Gasteiger partial charge in [-0.1, -0.05) is 6.42 Å². The van der Waals surface area contributed by atoms with Gasteiger partial charge in [0.05, 0.1) is 0 Å². The van der Waals surface area contributed by atoms with Gasteiger partial charge in [0.2, 0.25) is 5.91 Å². The zero-order chi connectivity index (χ0) is 13.7. The predicted molar refractivity (Wildman–Crippen MR) is 77.9 cm³/mol. The van der Waals surface area contributed by atoms with Crippen molar-refractivity contribution in [3.8, 4) is 0 Å². The molecule has 2 unspecified atom stereocenters. The third-order valence-electron chi connectivity index (χ3n) is 4.66. The maximum Gasteiger partial charge on any atom is 0.222 e. The van der Waals surface area contributed by atoms with Crippen LogP contribution in [-0.4, -0.2) is 55.0 Å². The van der Waals surface area contributed by atoms with E-state index in [2.05, 4.69) is 4.90 Å². The van der Waals surface area contributed by atoms with Crippen LogP contribution in [-0.2, 0) is 4.79 Å². The molecule has 2 rings (SSSR count). The van der Waals surface area contributed by atoms with E-state index >= 15 is 0 Å². The van der Waals surface area contributed by atoms with Crippen LogP contribution in [0.25, 0.3) is 0 Å². The minimum absolute atomic E-state index is 0.304. The van der Waals surface area contributed by atoms with Crippen LogP contribution in [0.4, 0.5) is 0 Å². The van der Waals surface area contributed by atoms with E-state index in [1.54, 1.807) is 0 Å². The molecule has 0 spiro atoms. The second-order valence-electron chi connectivity index (χ2n) is 6.36. The fourth-order valence-electron chi connectivity index (χ4n) is 3.34. The molecule has 1 saturated heterocycles. The summed E-state index contributed by atoms with van der Waals surface area (Å²) in [6.07, 6.45) is 7.87. The Bertz CT molecular complexity index is 289. The maximum atomic E-state index is 12.2. The number of likely N-dealkylation sites (N-methyl/N-ethyl adjacent to an activating group) is 1. The number of hydrogen-bond donors (Lipinski definition) is 1. The van der Waals surface area contributed by atoms with Crippen LogP contribution >= 0.6 is 0 Å². The lowest BCUT2D eigenvalue weighted by Crippen LogP contribution is -2.37. The van der Waals surface area contributed by atoms with Gasteiger partial charge in [-0.05, 0) is 51.1 Å². The first kappa shape index (κ1) is 14.8. The zero-order valence-corrected chi connectivity index (χ0v) is 12.3. The molecule has 0 aromatic carbocycles. The van der Waals surface area contributed by atoms with Crippen LogP contribution in [0.1, 0.15) is 44.9 Å². The average molecular weight is 267 g/mol. The van der Waals surface area contributed by atoms with Crippen LogP contribution in [0, 0.1) is 5.92 Å². The molecule has 2 fully saturated rings. The molecule has 2 atom stereocenters. The molecule has 4 nitrogen and oxygen atoms in total. The van der Waals surface area contributed by atoms with Gasteiger partial charge < -0.3 is 15.5 Å². The SMILES string of the molecule is CN(CCN1CCCC1)C(=O)CC1CCCC(N)C1. The smallest absolute Gasteiger partial charge is 0.222 e. The summed E-state index contributed by atoms with van der Waals surface area (Å²) < 4.78 is 0. The largest absolute Gasteiger partial charge is 0.344 e. The topological polar surface area (TPSA) is 49.6 Å². The average Bonchev–Trinajstić information content (AvgIpc) is 2.89. The van der Waals surface area contributed by atoms with Crippen molar-refractivity contribution in [2.45, 2.75) is 51.0 Å². The quantitative estimate of drug-likeness (QED) is 0.820. The molecule has 1 saturated carbocycles. The van der Waals surface area contributed by atoms with Gasteiger partial charge in [0.25, 0.3) is 0 Å². The molecule has 0 bridgehead atoms. The maximum absolute atomic E-state index is 12.2. The lowest BCUT2D eigenvalue weighted by atomic mass is 9.84. The molecule has 1 amide bonds. The highest BCUT2D eigenvalue weighted by Gasteiger charge is 2.23. The highest BCUT2D eigenvalue weighted by atomic mass is 16.2. The standard InChI is InChI=1S/C15H29N3O/c1-17(9-10-18-7-2-3-8-18)15(19)12-13-5-4-6-14(16)11-13/h13-14H,2-12,16H2,1H3.